The molecular weight excluding hydrogens is 230 g/mol. The highest BCUT2D eigenvalue weighted by Gasteiger charge is 2.43. The van der Waals surface area contributed by atoms with Crippen LogP contribution >= 0.6 is 23.2 Å². The van der Waals surface area contributed by atoms with Crippen molar-refractivity contribution in [2.45, 2.75) is 6.18 Å². The lowest BCUT2D eigenvalue weighted by Gasteiger charge is -2.09. The molecule has 7 heteroatoms. The number of halogens is 5. The molecule has 0 fully saturated rings. The van der Waals surface area contributed by atoms with Crippen molar-refractivity contribution in [2.24, 2.45) is 0 Å². The van der Waals surface area contributed by atoms with Gasteiger partial charge in [-0.3, -0.25) is 0 Å². The van der Waals surface area contributed by atoms with Crippen LogP contribution in [0.15, 0.2) is 12.3 Å². The molecule has 1 rings (SSSR count). The SMILES string of the molecule is [O-][n+]1ccc(Cl)c(Cl)c1C(F)(F)F. The smallest absolute Gasteiger partial charge is 0.480 e. The normalized spacial score (nSPS) is 11.8. The molecule has 1 aromatic rings. The van der Waals surface area contributed by atoms with Crippen LogP contribution in [0, 0.1) is 5.21 Å². The van der Waals surface area contributed by atoms with Crippen LogP contribution < -0.4 is 4.73 Å². The minimum absolute atomic E-state index is 0.305. The van der Waals surface area contributed by atoms with E-state index in [1.165, 1.54) is 0 Å². The van der Waals surface area contributed by atoms with Crippen LogP contribution in [-0.2, 0) is 6.18 Å². The van der Waals surface area contributed by atoms with Gasteiger partial charge >= 0.3 is 11.9 Å². The Hall–Kier alpha value is -0.680. The predicted octanol–water partition coefficient (Wildman–Crippen LogP) is 2.65. The van der Waals surface area contributed by atoms with Crippen molar-refractivity contribution in [1.29, 1.82) is 0 Å². The van der Waals surface area contributed by atoms with Crippen molar-refractivity contribution >= 4 is 23.2 Å². The van der Waals surface area contributed by atoms with Gasteiger partial charge in [0.05, 0.1) is 5.02 Å². The van der Waals surface area contributed by atoms with Gasteiger partial charge in [-0.05, 0) is 0 Å². The quantitative estimate of drug-likeness (QED) is 0.498. The summed E-state index contributed by atoms with van der Waals surface area (Å²) in [5.41, 5.74) is -1.50. The molecule has 0 aliphatic heterocycles. The topological polar surface area (TPSA) is 26.9 Å². The van der Waals surface area contributed by atoms with E-state index in [1.807, 2.05) is 0 Å². The first-order valence-electron chi connectivity index (χ1n) is 2.98. The van der Waals surface area contributed by atoms with Crippen LogP contribution in [0.4, 0.5) is 13.2 Å². The van der Waals surface area contributed by atoms with Gasteiger partial charge in [0, 0.05) is 6.07 Å². The van der Waals surface area contributed by atoms with Gasteiger partial charge in [-0.1, -0.05) is 23.2 Å². The molecule has 13 heavy (non-hydrogen) atoms. The molecule has 0 radical (unpaired) electrons. The van der Waals surface area contributed by atoms with E-state index in [0.29, 0.717) is 6.20 Å². The number of hydrogen-bond acceptors (Lipinski definition) is 1. The van der Waals surface area contributed by atoms with Crippen LogP contribution in [0.2, 0.25) is 10.0 Å². The summed E-state index contributed by atoms with van der Waals surface area (Å²) >= 11 is 10.5. The average molecular weight is 232 g/mol. The zero-order chi connectivity index (χ0) is 10.2. The first kappa shape index (κ1) is 10.4. The molecule has 0 amide bonds. The fourth-order valence-electron chi connectivity index (χ4n) is 0.740. The summed E-state index contributed by atoms with van der Waals surface area (Å²) in [6.45, 7) is 0. The van der Waals surface area contributed by atoms with Gasteiger partial charge in [-0.25, -0.2) is 0 Å². The molecule has 0 aliphatic carbocycles. The summed E-state index contributed by atoms with van der Waals surface area (Å²) in [6.07, 6.45) is -4.15. The highest BCUT2D eigenvalue weighted by atomic mass is 35.5. The Labute approximate surface area is 81.1 Å². The largest absolute Gasteiger partial charge is 0.618 e. The van der Waals surface area contributed by atoms with Crippen molar-refractivity contribution < 1.29 is 17.9 Å². The maximum Gasteiger partial charge on any atom is 0.480 e. The van der Waals surface area contributed by atoms with Crippen molar-refractivity contribution in [3.63, 3.8) is 0 Å². The molecule has 2 nitrogen and oxygen atoms in total. The van der Waals surface area contributed by atoms with Gasteiger partial charge < -0.3 is 5.21 Å². The Bertz CT molecular complexity index is 339. The fourth-order valence-corrected chi connectivity index (χ4v) is 1.14. The average Bonchev–Trinajstić information content (AvgIpc) is 1.95. The fraction of sp³-hybridized carbons (Fsp3) is 0.167. The van der Waals surface area contributed by atoms with Crippen LogP contribution in [0.5, 0.6) is 0 Å². The molecule has 0 atom stereocenters. The number of rotatable bonds is 0. The minimum atomic E-state index is -4.80. The molecule has 0 saturated carbocycles. The van der Waals surface area contributed by atoms with Crippen LogP contribution in [0.1, 0.15) is 5.69 Å². The molecule has 72 valence electrons. The number of hydrogen-bond donors (Lipinski definition) is 0. The monoisotopic (exact) mass is 231 g/mol. The lowest BCUT2D eigenvalue weighted by Crippen LogP contribution is -2.36. The zero-order valence-corrected chi connectivity index (χ0v) is 7.41. The van der Waals surface area contributed by atoms with E-state index in [9.17, 15) is 18.4 Å². The lowest BCUT2D eigenvalue weighted by atomic mass is 10.3. The third kappa shape index (κ3) is 1.97. The standard InChI is InChI=1S/C6H2Cl2F3NO/c7-3-1-2-12(13)5(4(3)8)6(9,10)11/h1-2H. The van der Waals surface area contributed by atoms with Crippen molar-refractivity contribution in [3.05, 3.63) is 33.2 Å². The van der Waals surface area contributed by atoms with Crippen LogP contribution in [0.3, 0.4) is 0 Å². The van der Waals surface area contributed by atoms with E-state index in [-0.39, 0.29) is 9.75 Å². The van der Waals surface area contributed by atoms with E-state index in [1.54, 1.807) is 0 Å². The third-order valence-electron chi connectivity index (χ3n) is 1.26. The highest BCUT2D eigenvalue weighted by Crippen LogP contribution is 2.35. The molecule has 0 aliphatic rings. The second-order valence-corrected chi connectivity index (χ2v) is 2.93. The predicted molar refractivity (Wildman–Crippen MR) is 40.4 cm³/mol. The Morgan fingerprint density at radius 2 is 1.85 bits per heavy atom. The van der Waals surface area contributed by atoms with Crippen LogP contribution in [0.25, 0.3) is 0 Å². The Kier molecular flexibility index (Phi) is 2.58. The molecule has 0 spiro atoms. The summed E-state index contributed by atoms with van der Waals surface area (Å²) in [6, 6.07) is 0.992. The van der Waals surface area contributed by atoms with Crippen molar-refractivity contribution in [1.82, 2.24) is 0 Å². The summed E-state index contributed by atoms with van der Waals surface area (Å²) in [5, 5.41) is 9.60. The van der Waals surface area contributed by atoms with Crippen molar-refractivity contribution in [3.8, 4) is 0 Å². The Balaban J connectivity index is 3.43. The Morgan fingerprint density at radius 3 is 2.23 bits per heavy atom. The zero-order valence-electron chi connectivity index (χ0n) is 5.90. The van der Waals surface area contributed by atoms with Gasteiger partial charge in [0.15, 0.2) is 6.20 Å². The van der Waals surface area contributed by atoms with E-state index in [4.69, 9.17) is 23.2 Å². The van der Waals surface area contributed by atoms with Gasteiger partial charge in [0.2, 0.25) is 0 Å². The molecule has 1 aromatic heterocycles. The number of alkyl halides is 3. The number of nitrogens with zero attached hydrogens (tertiary/aromatic N) is 1. The first-order chi connectivity index (χ1) is 5.84. The maximum atomic E-state index is 12.1. The molecule has 0 unspecified atom stereocenters. The second-order valence-electron chi connectivity index (χ2n) is 2.15. The van der Waals surface area contributed by atoms with Gasteiger partial charge in [0.1, 0.15) is 5.02 Å². The number of pyridine rings is 1. The molecule has 0 bridgehead atoms. The molecule has 0 N–H and O–H groups in total. The van der Waals surface area contributed by atoms with Gasteiger partial charge in [-0.15, -0.1) is 0 Å². The lowest BCUT2D eigenvalue weighted by molar-refractivity contribution is -0.629. The second kappa shape index (κ2) is 3.23. The minimum Gasteiger partial charge on any atom is -0.618 e. The van der Waals surface area contributed by atoms with Gasteiger partial charge in [-0.2, -0.15) is 17.9 Å². The summed E-state index contributed by atoms with van der Waals surface area (Å²) < 4.78 is 36.0. The van der Waals surface area contributed by atoms with E-state index in [0.717, 1.165) is 6.07 Å². The molecule has 1 heterocycles. The van der Waals surface area contributed by atoms with Crippen molar-refractivity contribution in [2.75, 3.05) is 0 Å². The molecule has 0 aromatic carbocycles. The first-order valence-corrected chi connectivity index (χ1v) is 3.74. The summed E-state index contributed by atoms with van der Waals surface area (Å²) in [7, 11) is 0. The maximum absolute atomic E-state index is 12.1. The summed E-state index contributed by atoms with van der Waals surface area (Å²) in [4.78, 5) is 0. The molecular formula is C6H2Cl2F3NO. The third-order valence-corrected chi connectivity index (χ3v) is 2.06. The van der Waals surface area contributed by atoms with Crippen LogP contribution in [-0.4, -0.2) is 0 Å². The highest BCUT2D eigenvalue weighted by molar-refractivity contribution is 6.42. The molecule has 0 saturated heterocycles. The van der Waals surface area contributed by atoms with E-state index in [2.05, 4.69) is 0 Å². The van der Waals surface area contributed by atoms with E-state index < -0.39 is 16.9 Å². The number of aromatic nitrogens is 1. The Morgan fingerprint density at radius 1 is 1.31 bits per heavy atom. The summed E-state index contributed by atoms with van der Waals surface area (Å²) in [5.74, 6) is 0. The van der Waals surface area contributed by atoms with Gasteiger partial charge in [0.25, 0.3) is 0 Å². The van der Waals surface area contributed by atoms with E-state index >= 15 is 0 Å².